The van der Waals surface area contributed by atoms with E-state index in [-0.39, 0.29) is 18.2 Å². The predicted molar refractivity (Wildman–Crippen MR) is 140 cm³/mol. The molecule has 0 unspecified atom stereocenters. The van der Waals surface area contributed by atoms with Gasteiger partial charge in [0.25, 0.3) is 5.91 Å². The topological polar surface area (TPSA) is 100 Å². The fraction of sp³-hybridized carbons (Fsp3) is 0.111. The molecule has 0 radical (unpaired) electrons. The number of carbonyl (C=O) groups is 3. The number of nitrogens with zero attached hydrogens (tertiary/aromatic N) is 1. The summed E-state index contributed by atoms with van der Waals surface area (Å²) in [5.74, 6) is -0.437. The number of nitrogens with one attached hydrogen (secondary N) is 3. The summed E-state index contributed by atoms with van der Waals surface area (Å²) in [4.78, 5) is 40.0. The first-order valence-electron chi connectivity index (χ1n) is 11.1. The smallest absolute Gasteiger partial charge is 0.256 e. The molecule has 3 aromatic carbocycles. The lowest BCUT2D eigenvalue weighted by molar-refractivity contribution is -0.115. The third-order valence-electron chi connectivity index (χ3n) is 5.35. The molecule has 0 atom stereocenters. The van der Waals surface area contributed by atoms with Crippen LogP contribution in [0.1, 0.15) is 28.5 Å². The molecule has 1 heterocycles. The molecule has 8 heteroatoms. The van der Waals surface area contributed by atoms with Crippen molar-refractivity contribution >= 4 is 46.1 Å². The highest BCUT2D eigenvalue weighted by Gasteiger charge is 2.13. The number of thiazole rings is 1. The summed E-state index contributed by atoms with van der Waals surface area (Å²) in [6.45, 7) is 2.11. The van der Waals surface area contributed by atoms with Crippen LogP contribution in [0, 0.1) is 0 Å². The Labute approximate surface area is 207 Å². The summed E-state index contributed by atoms with van der Waals surface area (Å²) in [5.41, 5.74) is 5.48. The first-order valence-corrected chi connectivity index (χ1v) is 12.0. The van der Waals surface area contributed by atoms with E-state index in [1.807, 2.05) is 36.4 Å². The minimum atomic E-state index is -0.229. The number of aromatic nitrogens is 1. The molecule has 35 heavy (non-hydrogen) atoms. The summed E-state index contributed by atoms with van der Waals surface area (Å²) in [5, 5.41) is 10.4. The Balaban J connectivity index is 1.39. The molecule has 176 valence electrons. The molecular formula is C27H24N4O3S. The van der Waals surface area contributed by atoms with E-state index in [0.717, 1.165) is 17.5 Å². The second kappa shape index (κ2) is 11.2. The second-order valence-corrected chi connectivity index (χ2v) is 8.62. The summed E-state index contributed by atoms with van der Waals surface area (Å²) >= 11 is 1.26. The van der Waals surface area contributed by atoms with Gasteiger partial charge in [0, 0.05) is 22.3 Å². The minimum Gasteiger partial charge on any atom is -0.326 e. The van der Waals surface area contributed by atoms with Crippen LogP contribution in [0.15, 0.2) is 78.2 Å². The molecule has 0 saturated heterocycles. The van der Waals surface area contributed by atoms with Gasteiger partial charge in [-0.15, -0.1) is 11.3 Å². The Morgan fingerprint density at radius 2 is 1.60 bits per heavy atom. The Kier molecular flexibility index (Phi) is 7.64. The molecule has 7 nitrogen and oxygen atoms in total. The molecule has 0 spiro atoms. The van der Waals surface area contributed by atoms with Crippen LogP contribution in [-0.2, 0) is 22.4 Å². The molecule has 4 rings (SSSR count). The Morgan fingerprint density at radius 3 is 2.29 bits per heavy atom. The fourth-order valence-electron chi connectivity index (χ4n) is 3.56. The highest BCUT2D eigenvalue weighted by molar-refractivity contribution is 7.13. The number of benzene rings is 3. The van der Waals surface area contributed by atoms with E-state index >= 15 is 0 Å². The van der Waals surface area contributed by atoms with Crippen LogP contribution in [0.25, 0.3) is 11.1 Å². The van der Waals surface area contributed by atoms with Crippen molar-refractivity contribution < 1.29 is 14.4 Å². The van der Waals surface area contributed by atoms with E-state index in [1.54, 1.807) is 29.6 Å². The molecule has 0 aliphatic carbocycles. The van der Waals surface area contributed by atoms with Gasteiger partial charge in [-0.05, 0) is 53.4 Å². The fourth-order valence-corrected chi connectivity index (χ4v) is 4.23. The van der Waals surface area contributed by atoms with Gasteiger partial charge >= 0.3 is 0 Å². The maximum Gasteiger partial charge on any atom is 0.256 e. The molecule has 0 saturated carbocycles. The lowest BCUT2D eigenvalue weighted by Crippen LogP contribution is -2.15. The number of hydrogen-bond donors (Lipinski definition) is 3. The van der Waals surface area contributed by atoms with Gasteiger partial charge in [-0.1, -0.05) is 49.4 Å². The van der Waals surface area contributed by atoms with Crippen LogP contribution in [0.3, 0.4) is 0 Å². The van der Waals surface area contributed by atoms with Crippen LogP contribution in [0.4, 0.5) is 16.5 Å². The number of anilines is 3. The number of amides is 3. The molecule has 4 aromatic rings. The number of rotatable bonds is 9. The predicted octanol–water partition coefficient (Wildman–Crippen LogP) is 5.37. The van der Waals surface area contributed by atoms with Gasteiger partial charge in [0.2, 0.25) is 12.3 Å². The molecule has 0 aliphatic heterocycles. The van der Waals surface area contributed by atoms with Crippen molar-refractivity contribution in [3.05, 3.63) is 95.0 Å². The van der Waals surface area contributed by atoms with E-state index < -0.39 is 0 Å². The largest absolute Gasteiger partial charge is 0.326 e. The van der Waals surface area contributed by atoms with Gasteiger partial charge in [0.1, 0.15) is 0 Å². The van der Waals surface area contributed by atoms with Gasteiger partial charge in [-0.25, -0.2) is 4.98 Å². The number of aryl methyl sites for hydroxylation is 1. The second-order valence-electron chi connectivity index (χ2n) is 7.76. The van der Waals surface area contributed by atoms with Gasteiger partial charge in [-0.2, -0.15) is 0 Å². The van der Waals surface area contributed by atoms with E-state index in [2.05, 4.69) is 40.0 Å². The van der Waals surface area contributed by atoms with E-state index in [4.69, 9.17) is 0 Å². The SMILES string of the molecule is CCc1ccc(-c2ccccc2C(=O)Nc2ccc(NC(=O)Cc3csc(NC=O)n3)cc2)cc1. The van der Waals surface area contributed by atoms with Crippen LogP contribution in [0.5, 0.6) is 0 Å². The van der Waals surface area contributed by atoms with Crippen molar-refractivity contribution in [2.45, 2.75) is 19.8 Å². The minimum absolute atomic E-state index is 0.0888. The standard InChI is InChI=1S/C27H24N4O3S/c1-2-18-7-9-19(10-8-18)23-5-3-4-6-24(23)26(34)30-21-13-11-20(12-14-21)29-25(33)15-22-16-35-27(31-22)28-17-32/h3-14,16-17H,2,15H2,1H3,(H,29,33)(H,30,34)(H,28,31,32). The van der Waals surface area contributed by atoms with Crippen LogP contribution >= 0.6 is 11.3 Å². The molecule has 1 aromatic heterocycles. The van der Waals surface area contributed by atoms with E-state index in [9.17, 15) is 14.4 Å². The molecule has 0 aliphatic rings. The molecular weight excluding hydrogens is 460 g/mol. The Morgan fingerprint density at radius 1 is 0.914 bits per heavy atom. The maximum atomic E-state index is 13.0. The monoisotopic (exact) mass is 484 g/mol. The highest BCUT2D eigenvalue weighted by Crippen LogP contribution is 2.25. The van der Waals surface area contributed by atoms with Crippen molar-refractivity contribution in [2.24, 2.45) is 0 Å². The lowest BCUT2D eigenvalue weighted by Gasteiger charge is -2.12. The molecule has 3 amide bonds. The quantitative estimate of drug-likeness (QED) is 0.278. The molecule has 0 fully saturated rings. The van der Waals surface area contributed by atoms with Crippen LogP contribution < -0.4 is 16.0 Å². The van der Waals surface area contributed by atoms with Gasteiger partial charge < -0.3 is 16.0 Å². The molecule has 0 bridgehead atoms. The summed E-state index contributed by atoms with van der Waals surface area (Å²) in [6.07, 6.45) is 1.60. The van der Waals surface area contributed by atoms with Gasteiger partial charge in [-0.3, -0.25) is 14.4 Å². The molecule has 3 N–H and O–H groups in total. The van der Waals surface area contributed by atoms with Crippen molar-refractivity contribution in [1.29, 1.82) is 0 Å². The average molecular weight is 485 g/mol. The van der Waals surface area contributed by atoms with E-state index in [0.29, 0.717) is 34.2 Å². The van der Waals surface area contributed by atoms with Crippen molar-refractivity contribution in [3.8, 4) is 11.1 Å². The average Bonchev–Trinajstić information content (AvgIpc) is 3.32. The maximum absolute atomic E-state index is 13.0. The third kappa shape index (κ3) is 6.18. The Hall–Kier alpha value is -4.30. The zero-order valence-electron chi connectivity index (χ0n) is 19.1. The first-order chi connectivity index (χ1) is 17.1. The summed E-state index contributed by atoms with van der Waals surface area (Å²) in [7, 11) is 0. The van der Waals surface area contributed by atoms with Gasteiger partial charge in [0.05, 0.1) is 12.1 Å². The van der Waals surface area contributed by atoms with Crippen LogP contribution in [-0.4, -0.2) is 23.2 Å². The van der Waals surface area contributed by atoms with Crippen LogP contribution in [0.2, 0.25) is 0 Å². The van der Waals surface area contributed by atoms with E-state index in [1.165, 1.54) is 16.9 Å². The van der Waals surface area contributed by atoms with Crippen molar-refractivity contribution in [3.63, 3.8) is 0 Å². The zero-order chi connectivity index (χ0) is 24.6. The summed E-state index contributed by atoms with van der Waals surface area (Å²) < 4.78 is 0. The van der Waals surface area contributed by atoms with Gasteiger partial charge in [0.15, 0.2) is 5.13 Å². The van der Waals surface area contributed by atoms with Crippen molar-refractivity contribution in [1.82, 2.24) is 4.98 Å². The van der Waals surface area contributed by atoms with Crippen molar-refractivity contribution in [2.75, 3.05) is 16.0 Å². The zero-order valence-corrected chi connectivity index (χ0v) is 19.9. The summed E-state index contributed by atoms with van der Waals surface area (Å²) in [6, 6.07) is 22.7. The normalized spacial score (nSPS) is 10.4. The lowest BCUT2D eigenvalue weighted by atomic mass is 9.98. The number of hydrogen-bond acceptors (Lipinski definition) is 5. The first kappa shape index (κ1) is 23.8. The Bertz CT molecular complexity index is 1330. The number of carbonyl (C=O) groups excluding carboxylic acids is 3. The third-order valence-corrected chi connectivity index (χ3v) is 6.17. The highest BCUT2D eigenvalue weighted by atomic mass is 32.1.